The highest BCUT2D eigenvalue weighted by molar-refractivity contribution is 5.96. The van der Waals surface area contributed by atoms with Gasteiger partial charge in [0, 0.05) is 13.6 Å². The molecule has 1 aliphatic heterocycles. The molecule has 0 spiro atoms. The van der Waals surface area contributed by atoms with Crippen molar-refractivity contribution in [3.63, 3.8) is 0 Å². The normalized spacial score (nSPS) is 17.9. The fourth-order valence-corrected chi connectivity index (χ4v) is 2.07. The highest BCUT2D eigenvalue weighted by Gasteiger charge is 2.38. The molecule has 102 valence electrons. The second-order valence-electron chi connectivity index (χ2n) is 4.93. The van der Waals surface area contributed by atoms with Crippen LogP contribution in [0.25, 0.3) is 0 Å². The van der Waals surface area contributed by atoms with E-state index in [1.54, 1.807) is 19.2 Å². The lowest BCUT2D eigenvalue weighted by atomic mass is 10.0. The third-order valence-corrected chi connectivity index (χ3v) is 3.17. The van der Waals surface area contributed by atoms with Gasteiger partial charge in [-0.2, -0.15) is 0 Å². The van der Waals surface area contributed by atoms with Crippen molar-refractivity contribution in [3.8, 4) is 0 Å². The van der Waals surface area contributed by atoms with Gasteiger partial charge in [0.25, 0.3) is 0 Å². The zero-order valence-corrected chi connectivity index (χ0v) is 10.8. The number of para-hydroxylation sites is 1. The molecule has 0 saturated carbocycles. The number of hydrogen-bond donors (Lipinski definition) is 2. The van der Waals surface area contributed by atoms with E-state index in [9.17, 15) is 14.7 Å². The van der Waals surface area contributed by atoms with Crippen molar-refractivity contribution in [2.75, 3.05) is 18.5 Å². The van der Waals surface area contributed by atoms with Crippen LogP contribution in [0.1, 0.15) is 12.5 Å². The molecule has 1 aromatic carbocycles. The molecule has 1 atom stereocenters. The first-order valence-corrected chi connectivity index (χ1v) is 5.89. The van der Waals surface area contributed by atoms with E-state index in [1.165, 1.54) is 16.7 Å². The van der Waals surface area contributed by atoms with Gasteiger partial charge in [-0.1, -0.05) is 18.2 Å². The van der Waals surface area contributed by atoms with Crippen molar-refractivity contribution in [1.29, 1.82) is 0 Å². The molecule has 0 aliphatic carbocycles. The van der Waals surface area contributed by atoms with E-state index in [4.69, 9.17) is 5.11 Å². The summed E-state index contributed by atoms with van der Waals surface area (Å²) in [5.74, 6) is -1.36. The molecular weight excluding hydrogens is 248 g/mol. The van der Waals surface area contributed by atoms with Gasteiger partial charge in [-0.05, 0) is 18.6 Å². The molecule has 0 fully saturated rings. The van der Waals surface area contributed by atoms with Crippen LogP contribution in [0, 0.1) is 0 Å². The van der Waals surface area contributed by atoms with Gasteiger partial charge in [-0.3, -0.25) is 4.90 Å². The van der Waals surface area contributed by atoms with E-state index in [0.29, 0.717) is 12.2 Å². The molecule has 0 radical (unpaired) electrons. The molecule has 19 heavy (non-hydrogen) atoms. The number of aliphatic carboxylic acids is 1. The Kier molecular flexibility index (Phi) is 3.20. The number of anilines is 1. The SMILES string of the molecule is CN1Cc2ccccc2N(CC(C)(O)C(=O)O)C1=O. The number of hydrogen-bond acceptors (Lipinski definition) is 3. The summed E-state index contributed by atoms with van der Waals surface area (Å²) in [6, 6.07) is 6.94. The molecule has 1 aromatic rings. The van der Waals surface area contributed by atoms with Crippen LogP contribution in [0.4, 0.5) is 10.5 Å². The third-order valence-electron chi connectivity index (χ3n) is 3.17. The molecule has 2 N–H and O–H groups in total. The lowest BCUT2D eigenvalue weighted by Crippen LogP contribution is -2.54. The van der Waals surface area contributed by atoms with Crippen LogP contribution in [0.5, 0.6) is 0 Å². The van der Waals surface area contributed by atoms with Crippen LogP contribution in [0.15, 0.2) is 24.3 Å². The maximum Gasteiger partial charge on any atom is 0.337 e. The second-order valence-corrected chi connectivity index (χ2v) is 4.93. The number of carbonyl (C=O) groups excluding carboxylic acids is 1. The lowest BCUT2D eigenvalue weighted by molar-refractivity contribution is -0.155. The van der Waals surface area contributed by atoms with Gasteiger partial charge in [0.05, 0.1) is 12.2 Å². The number of amides is 2. The highest BCUT2D eigenvalue weighted by atomic mass is 16.4. The summed E-state index contributed by atoms with van der Waals surface area (Å²) >= 11 is 0. The fraction of sp³-hybridized carbons (Fsp3) is 0.385. The van der Waals surface area contributed by atoms with Crippen molar-refractivity contribution >= 4 is 17.7 Å². The maximum atomic E-state index is 12.1. The van der Waals surface area contributed by atoms with Gasteiger partial charge in [0.1, 0.15) is 0 Å². The Morgan fingerprint density at radius 2 is 2.05 bits per heavy atom. The van der Waals surface area contributed by atoms with Gasteiger partial charge in [-0.25, -0.2) is 9.59 Å². The first-order valence-electron chi connectivity index (χ1n) is 5.89. The average molecular weight is 264 g/mol. The summed E-state index contributed by atoms with van der Waals surface area (Å²) < 4.78 is 0. The summed E-state index contributed by atoms with van der Waals surface area (Å²) in [5.41, 5.74) is -0.418. The summed E-state index contributed by atoms with van der Waals surface area (Å²) in [7, 11) is 1.64. The van der Waals surface area contributed by atoms with Gasteiger partial charge in [-0.15, -0.1) is 0 Å². The van der Waals surface area contributed by atoms with Crippen molar-refractivity contribution in [2.45, 2.75) is 19.1 Å². The smallest absolute Gasteiger partial charge is 0.337 e. The Bertz CT molecular complexity index is 527. The van der Waals surface area contributed by atoms with Crippen LogP contribution < -0.4 is 4.90 Å². The Hall–Kier alpha value is -2.08. The molecule has 0 saturated heterocycles. The Morgan fingerprint density at radius 1 is 1.42 bits per heavy atom. The zero-order valence-electron chi connectivity index (χ0n) is 10.8. The third kappa shape index (κ3) is 2.39. The van der Waals surface area contributed by atoms with Crippen molar-refractivity contribution in [2.24, 2.45) is 0 Å². The van der Waals surface area contributed by atoms with E-state index >= 15 is 0 Å². The van der Waals surface area contributed by atoms with Crippen LogP contribution >= 0.6 is 0 Å². The van der Waals surface area contributed by atoms with Gasteiger partial charge in [0.15, 0.2) is 5.60 Å². The molecular formula is C13H16N2O4. The maximum absolute atomic E-state index is 12.1. The number of carboxylic acids is 1. The standard InChI is InChI=1S/C13H16N2O4/c1-13(19,11(16)17)8-15-10-6-4-3-5-9(10)7-14(2)12(15)18/h3-6,19H,7-8H2,1-2H3,(H,16,17). The predicted octanol–water partition coefficient (Wildman–Crippen LogP) is 0.894. The number of carbonyl (C=O) groups is 2. The van der Waals surface area contributed by atoms with E-state index in [-0.39, 0.29) is 12.6 Å². The molecule has 2 rings (SSSR count). The summed E-state index contributed by atoms with van der Waals surface area (Å²) in [5, 5.41) is 18.8. The van der Waals surface area contributed by atoms with Crippen LogP contribution in [-0.2, 0) is 11.3 Å². The van der Waals surface area contributed by atoms with Crippen molar-refractivity contribution in [1.82, 2.24) is 4.90 Å². The number of benzene rings is 1. The molecule has 0 bridgehead atoms. The minimum Gasteiger partial charge on any atom is -0.479 e. The number of β-amino-alcohol motifs (C(OH)–C–C–N with tert-alkyl or cyclic N) is 1. The van der Waals surface area contributed by atoms with Crippen LogP contribution in [-0.4, -0.2) is 46.3 Å². The van der Waals surface area contributed by atoms with Crippen LogP contribution in [0.3, 0.4) is 0 Å². The number of aliphatic hydroxyl groups is 1. The topological polar surface area (TPSA) is 81.1 Å². The summed E-state index contributed by atoms with van der Waals surface area (Å²) in [6.07, 6.45) is 0. The van der Waals surface area contributed by atoms with Gasteiger partial charge in [0.2, 0.25) is 0 Å². The number of carboxylic acid groups (broad SMARTS) is 1. The van der Waals surface area contributed by atoms with E-state index < -0.39 is 11.6 Å². The Morgan fingerprint density at radius 3 is 2.68 bits per heavy atom. The van der Waals surface area contributed by atoms with Crippen molar-refractivity contribution < 1.29 is 19.8 Å². The fourth-order valence-electron chi connectivity index (χ4n) is 2.07. The van der Waals surface area contributed by atoms with E-state index in [1.807, 2.05) is 12.1 Å². The zero-order chi connectivity index (χ0) is 14.2. The lowest BCUT2D eigenvalue weighted by Gasteiger charge is -2.37. The largest absolute Gasteiger partial charge is 0.479 e. The van der Waals surface area contributed by atoms with E-state index in [0.717, 1.165) is 5.56 Å². The molecule has 6 heteroatoms. The summed E-state index contributed by atoms with van der Waals surface area (Å²) in [4.78, 5) is 25.9. The number of nitrogens with zero attached hydrogens (tertiary/aromatic N) is 2. The first kappa shape index (κ1) is 13.4. The minimum atomic E-state index is -1.99. The quantitative estimate of drug-likeness (QED) is 0.849. The number of urea groups is 1. The number of fused-ring (bicyclic) bond motifs is 1. The predicted molar refractivity (Wildman–Crippen MR) is 68.9 cm³/mol. The minimum absolute atomic E-state index is 0.289. The summed E-state index contributed by atoms with van der Waals surface area (Å²) in [6.45, 7) is 1.36. The van der Waals surface area contributed by atoms with Gasteiger partial charge < -0.3 is 15.1 Å². The molecule has 1 aliphatic rings. The molecule has 2 amide bonds. The Balaban J connectivity index is 2.38. The number of rotatable bonds is 3. The average Bonchev–Trinajstić information content (AvgIpc) is 2.34. The molecule has 1 unspecified atom stereocenters. The van der Waals surface area contributed by atoms with Crippen molar-refractivity contribution in [3.05, 3.63) is 29.8 Å². The molecule has 0 aromatic heterocycles. The Labute approximate surface area is 110 Å². The van der Waals surface area contributed by atoms with Crippen LogP contribution in [0.2, 0.25) is 0 Å². The highest BCUT2D eigenvalue weighted by Crippen LogP contribution is 2.28. The van der Waals surface area contributed by atoms with Gasteiger partial charge >= 0.3 is 12.0 Å². The first-order chi connectivity index (χ1) is 8.83. The molecule has 1 heterocycles. The van der Waals surface area contributed by atoms with E-state index in [2.05, 4.69) is 0 Å². The monoisotopic (exact) mass is 264 g/mol. The molecule has 6 nitrogen and oxygen atoms in total. The second kappa shape index (κ2) is 4.55.